The van der Waals surface area contributed by atoms with Gasteiger partial charge in [0.2, 0.25) is 0 Å². The van der Waals surface area contributed by atoms with E-state index in [2.05, 4.69) is 19.2 Å². The Bertz CT molecular complexity index is 1170. The molecule has 2 amide bonds. The molecule has 1 N–H and O–H groups in total. The second kappa shape index (κ2) is 9.15. The van der Waals surface area contributed by atoms with Crippen LogP contribution >= 0.6 is 0 Å². The molecule has 0 radical (unpaired) electrons. The number of rotatable bonds is 5. The maximum atomic E-state index is 13.6. The minimum atomic E-state index is -0.419. The molecular weight excluding hydrogens is 400 g/mol. The lowest BCUT2D eigenvalue weighted by molar-refractivity contribution is 0.158. The van der Waals surface area contributed by atoms with E-state index in [0.29, 0.717) is 23.3 Å². The lowest BCUT2D eigenvalue weighted by atomic mass is 10.1. The third-order valence-corrected chi connectivity index (χ3v) is 5.21. The van der Waals surface area contributed by atoms with Gasteiger partial charge in [0.25, 0.3) is 5.56 Å². The van der Waals surface area contributed by atoms with Crippen molar-refractivity contribution in [2.75, 3.05) is 6.54 Å². The summed E-state index contributed by atoms with van der Waals surface area (Å²) < 4.78 is 1.65. The van der Waals surface area contributed by atoms with Gasteiger partial charge in [-0.25, -0.2) is 9.78 Å². The van der Waals surface area contributed by atoms with Gasteiger partial charge >= 0.3 is 6.03 Å². The van der Waals surface area contributed by atoms with Gasteiger partial charge in [0, 0.05) is 12.1 Å². The third-order valence-electron chi connectivity index (χ3n) is 5.21. The van der Waals surface area contributed by atoms with Crippen LogP contribution in [0.1, 0.15) is 59.0 Å². The molecule has 0 bridgehead atoms. The Morgan fingerprint density at radius 2 is 1.78 bits per heavy atom. The number of carbonyl (C=O) groups excluding carboxylic acids is 1. The number of aromatic nitrogens is 2. The predicted molar refractivity (Wildman–Crippen MR) is 130 cm³/mol. The Hall–Kier alpha value is -3.15. The van der Waals surface area contributed by atoms with Crippen LogP contribution in [0.2, 0.25) is 0 Å². The number of hydrogen-bond acceptors (Lipinski definition) is 3. The van der Waals surface area contributed by atoms with E-state index < -0.39 is 6.04 Å². The first-order chi connectivity index (χ1) is 15.0. The van der Waals surface area contributed by atoms with Gasteiger partial charge in [0.15, 0.2) is 0 Å². The van der Waals surface area contributed by atoms with Crippen LogP contribution in [0.15, 0.2) is 53.3 Å². The highest BCUT2D eigenvalue weighted by molar-refractivity contribution is 5.78. The summed E-state index contributed by atoms with van der Waals surface area (Å²) in [7, 11) is 0. The van der Waals surface area contributed by atoms with Crippen molar-refractivity contribution in [1.29, 1.82) is 0 Å². The molecule has 0 fully saturated rings. The van der Waals surface area contributed by atoms with Gasteiger partial charge in [-0.15, -0.1) is 0 Å². The SMILES string of the molecule is Cc1cccc(-n2c(C(C)N(CC(C)C)C(=O)NC(C)(C)C)nc3ccccc3c2=O)c1. The van der Waals surface area contributed by atoms with Crippen LogP contribution in [0.25, 0.3) is 16.6 Å². The van der Waals surface area contributed by atoms with E-state index in [1.54, 1.807) is 15.5 Å². The average Bonchev–Trinajstić information content (AvgIpc) is 2.70. The van der Waals surface area contributed by atoms with E-state index in [4.69, 9.17) is 4.98 Å². The van der Waals surface area contributed by atoms with Crippen LogP contribution in [-0.2, 0) is 0 Å². The second-order valence-corrected chi connectivity index (χ2v) is 9.87. The third kappa shape index (κ3) is 5.18. The summed E-state index contributed by atoms with van der Waals surface area (Å²) in [6.45, 7) is 14.5. The van der Waals surface area contributed by atoms with Gasteiger partial charge < -0.3 is 10.2 Å². The first-order valence-corrected chi connectivity index (χ1v) is 11.2. The minimum Gasteiger partial charge on any atom is -0.333 e. The molecule has 1 aromatic heterocycles. The van der Waals surface area contributed by atoms with E-state index in [1.165, 1.54) is 0 Å². The number of nitrogens with zero attached hydrogens (tertiary/aromatic N) is 3. The largest absolute Gasteiger partial charge is 0.333 e. The molecule has 170 valence electrons. The van der Waals surface area contributed by atoms with Gasteiger partial charge in [0.05, 0.1) is 22.6 Å². The van der Waals surface area contributed by atoms with E-state index in [-0.39, 0.29) is 23.0 Å². The molecule has 3 rings (SSSR count). The molecule has 0 saturated heterocycles. The summed E-state index contributed by atoms with van der Waals surface area (Å²) >= 11 is 0. The number of aryl methyl sites for hydroxylation is 1. The predicted octanol–water partition coefficient (Wildman–Crippen LogP) is 5.22. The van der Waals surface area contributed by atoms with Crippen molar-refractivity contribution >= 4 is 16.9 Å². The Kier molecular flexibility index (Phi) is 6.72. The molecule has 0 aliphatic heterocycles. The lowest BCUT2D eigenvalue weighted by Crippen LogP contribution is -2.50. The number of carbonyl (C=O) groups is 1. The van der Waals surface area contributed by atoms with Gasteiger partial charge in [-0.2, -0.15) is 0 Å². The highest BCUT2D eigenvalue weighted by Gasteiger charge is 2.29. The molecule has 0 aliphatic rings. The zero-order chi connectivity index (χ0) is 23.6. The van der Waals surface area contributed by atoms with Gasteiger partial charge in [-0.1, -0.05) is 38.1 Å². The van der Waals surface area contributed by atoms with Crippen molar-refractivity contribution in [2.45, 2.75) is 60.0 Å². The Balaban J connectivity index is 2.23. The fourth-order valence-corrected chi connectivity index (χ4v) is 3.79. The van der Waals surface area contributed by atoms with Crippen LogP contribution < -0.4 is 10.9 Å². The average molecular weight is 435 g/mol. The molecular formula is C26H34N4O2. The highest BCUT2D eigenvalue weighted by atomic mass is 16.2. The zero-order valence-electron chi connectivity index (χ0n) is 20.1. The normalized spacial score (nSPS) is 12.8. The fraction of sp³-hybridized carbons (Fsp3) is 0.423. The number of amides is 2. The quantitative estimate of drug-likeness (QED) is 0.598. The summed E-state index contributed by atoms with van der Waals surface area (Å²) in [5.74, 6) is 0.798. The monoisotopic (exact) mass is 434 g/mol. The first-order valence-electron chi connectivity index (χ1n) is 11.2. The summed E-state index contributed by atoms with van der Waals surface area (Å²) in [5, 5.41) is 3.62. The van der Waals surface area contributed by atoms with Crippen LogP contribution in [0.4, 0.5) is 4.79 Å². The van der Waals surface area contributed by atoms with Gasteiger partial charge in [-0.3, -0.25) is 9.36 Å². The molecule has 0 aliphatic carbocycles. The topological polar surface area (TPSA) is 67.2 Å². The van der Waals surface area contributed by atoms with Crippen LogP contribution in [-0.4, -0.2) is 32.6 Å². The molecule has 1 unspecified atom stereocenters. The molecule has 32 heavy (non-hydrogen) atoms. The summed E-state index contributed by atoms with van der Waals surface area (Å²) in [5.41, 5.74) is 1.91. The van der Waals surface area contributed by atoms with Crippen molar-refractivity contribution in [3.63, 3.8) is 0 Å². The van der Waals surface area contributed by atoms with Crippen molar-refractivity contribution in [1.82, 2.24) is 19.8 Å². The summed E-state index contributed by atoms with van der Waals surface area (Å²) in [6.07, 6.45) is 0. The van der Waals surface area contributed by atoms with Crippen molar-refractivity contribution in [3.8, 4) is 5.69 Å². The van der Waals surface area contributed by atoms with Gasteiger partial charge in [0.1, 0.15) is 5.82 Å². The van der Waals surface area contributed by atoms with Crippen LogP contribution in [0.3, 0.4) is 0 Å². The number of para-hydroxylation sites is 1. The second-order valence-electron chi connectivity index (χ2n) is 9.87. The molecule has 6 heteroatoms. The number of hydrogen-bond donors (Lipinski definition) is 1. The van der Waals surface area contributed by atoms with Crippen molar-refractivity contribution in [3.05, 3.63) is 70.3 Å². The van der Waals surface area contributed by atoms with E-state index in [1.807, 2.05) is 77.1 Å². The van der Waals surface area contributed by atoms with E-state index in [9.17, 15) is 9.59 Å². The lowest BCUT2D eigenvalue weighted by Gasteiger charge is -2.34. The number of nitrogens with one attached hydrogen (secondary N) is 1. The zero-order valence-corrected chi connectivity index (χ0v) is 20.1. The smallest absolute Gasteiger partial charge is 0.318 e. The first kappa shape index (κ1) is 23.5. The Labute approximate surface area is 190 Å². The number of fused-ring (bicyclic) bond motifs is 1. The molecule has 1 heterocycles. The fourth-order valence-electron chi connectivity index (χ4n) is 3.79. The molecule has 6 nitrogen and oxygen atoms in total. The van der Waals surface area contributed by atoms with Crippen molar-refractivity contribution in [2.24, 2.45) is 5.92 Å². The Morgan fingerprint density at radius 1 is 1.09 bits per heavy atom. The number of urea groups is 1. The molecule has 0 saturated carbocycles. The molecule has 3 aromatic rings. The standard InChI is InChI=1S/C26H34N4O2/c1-17(2)16-29(25(32)28-26(5,6)7)19(4)23-27-22-14-9-8-13-21(22)24(31)30(23)20-12-10-11-18(3)15-20/h8-15,17,19H,16H2,1-7H3,(H,28,32). The Morgan fingerprint density at radius 3 is 2.41 bits per heavy atom. The van der Waals surface area contributed by atoms with Crippen molar-refractivity contribution < 1.29 is 4.79 Å². The molecule has 2 aromatic carbocycles. The van der Waals surface area contributed by atoms with E-state index in [0.717, 1.165) is 11.3 Å². The van der Waals surface area contributed by atoms with E-state index >= 15 is 0 Å². The van der Waals surface area contributed by atoms with Gasteiger partial charge in [-0.05, 0) is 70.4 Å². The maximum Gasteiger partial charge on any atom is 0.318 e. The highest BCUT2D eigenvalue weighted by Crippen LogP contribution is 2.24. The molecule has 0 spiro atoms. The summed E-state index contributed by atoms with van der Waals surface area (Å²) in [4.78, 5) is 33.5. The minimum absolute atomic E-state index is 0.135. The molecule has 1 atom stereocenters. The summed E-state index contributed by atoms with van der Waals surface area (Å²) in [6, 6.07) is 14.6. The maximum absolute atomic E-state index is 13.6. The number of benzene rings is 2. The van der Waals surface area contributed by atoms with Crippen LogP contribution in [0, 0.1) is 12.8 Å². The van der Waals surface area contributed by atoms with Crippen LogP contribution in [0.5, 0.6) is 0 Å².